The van der Waals surface area contributed by atoms with E-state index in [0.717, 1.165) is 24.9 Å². The van der Waals surface area contributed by atoms with Gasteiger partial charge in [-0.1, -0.05) is 61.4 Å². The Kier molecular flexibility index (Phi) is 4.03. The molecule has 2 aromatic rings. The van der Waals surface area contributed by atoms with Gasteiger partial charge in [-0.3, -0.25) is 0 Å². The number of para-hydroxylation sites is 1. The summed E-state index contributed by atoms with van der Waals surface area (Å²) in [4.78, 5) is 0. The van der Waals surface area contributed by atoms with Crippen molar-refractivity contribution >= 4 is 5.69 Å². The quantitative estimate of drug-likeness (QED) is 0.878. The Balaban J connectivity index is 1.86. The standard InChI is InChI=1S/C18H21NO/c20-18-13-7-6-12-17(18)19-16-11-5-4-10-15(16)14-8-2-1-3-9-14/h1-5,8-11,17-20H,6-7,12-13H2. The van der Waals surface area contributed by atoms with Gasteiger partial charge in [-0.05, 0) is 24.5 Å². The second-order valence-electron chi connectivity index (χ2n) is 5.51. The van der Waals surface area contributed by atoms with Crippen molar-refractivity contribution in [1.29, 1.82) is 0 Å². The molecule has 0 aromatic heterocycles. The van der Waals surface area contributed by atoms with Crippen LogP contribution >= 0.6 is 0 Å². The van der Waals surface area contributed by atoms with E-state index in [9.17, 15) is 5.11 Å². The Morgan fingerprint density at radius 1 is 0.850 bits per heavy atom. The molecule has 0 aliphatic heterocycles. The molecule has 1 aliphatic carbocycles. The van der Waals surface area contributed by atoms with Gasteiger partial charge in [-0.2, -0.15) is 0 Å². The van der Waals surface area contributed by atoms with Crippen LogP contribution in [0.4, 0.5) is 5.69 Å². The van der Waals surface area contributed by atoms with Gasteiger partial charge in [0.25, 0.3) is 0 Å². The highest BCUT2D eigenvalue weighted by atomic mass is 16.3. The van der Waals surface area contributed by atoms with Crippen molar-refractivity contribution in [2.24, 2.45) is 0 Å². The molecule has 104 valence electrons. The van der Waals surface area contributed by atoms with Crippen molar-refractivity contribution < 1.29 is 5.11 Å². The van der Waals surface area contributed by atoms with E-state index in [1.807, 2.05) is 12.1 Å². The van der Waals surface area contributed by atoms with E-state index >= 15 is 0 Å². The largest absolute Gasteiger partial charge is 0.391 e. The predicted molar refractivity (Wildman–Crippen MR) is 83.8 cm³/mol. The van der Waals surface area contributed by atoms with Crippen LogP contribution in [0.2, 0.25) is 0 Å². The van der Waals surface area contributed by atoms with Gasteiger partial charge in [0, 0.05) is 11.3 Å². The van der Waals surface area contributed by atoms with Crippen LogP contribution in [-0.2, 0) is 0 Å². The van der Waals surface area contributed by atoms with E-state index < -0.39 is 0 Å². The Bertz CT molecular complexity index is 552. The van der Waals surface area contributed by atoms with E-state index in [2.05, 4.69) is 47.8 Å². The first-order valence-corrected chi connectivity index (χ1v) is 7.43. The Labute approximate surface area is 120 Å². The fourth-order valence-electron chi connectivity index (χ4n) is 2.96. The van der Waals surface area contributed by atoms with Crippen LogP contribution in [0, 0.1) is 0 Å². The average molecular weight is 267 g/mol. The number of aliphatic hydroxyl groups excluding tert-OH is 1. The highest BCUT2D eigenvalue weighted by Gasteiger charge is 2.23. The van der Waals surface area contributed by atoms with Crippen LogP contribution in [0.1, 0.15) is 25.7 Å². The van der Waals surface area contributed by atoms with Crippen LogP contribution in [0.25, 0.3) is 11.1 Å². The first kappa shape index (κ1) is 13.2. The molecule has 1 saturated carbocycles. The number of aliphatic hydroxyl groups is 1. The van der Waals surface area contributed by atoms with Gasteiger partial charge in [0.1, 0.15) is 0 Å². The minimum atomic E-state index is -0.229. The molecule has 2 N–H and O–H groups in total. The zero-order valence-corrected chi connectivity index (χ0v) is 11.6. The molecule has 20 heavy (non-hydrogen) atoms. The molecular formula is C18H21NO. The van der Waals surface area contributed by atoms with Gasteiger partial charge >= 0.3 is 0 Å². The lowest BCUT2D eigenvalue weighted by molar-refractivity contribution is 0.116. The van der Waals surface area contributed by atoms with Crippen LogP contribution in [-0.4, -0.2) is 17.3 Å². The van der Waals surface area contributed by atoms with E-state index in [0.29, 0.717) is 0 Å². The minimum absolute atomic E-state index is 0.175. The molecule has 0 heterocycles. The molecular weight excluding hydrogens is 246 g/mol. The van der Waals surface area contributed by atoms with Crippen LogP contribution in [0.5, 0.6) is 0 Å². The summed E-state index contributed by atoms with van der Waals surface area (Å²) in [5.74, 6) is 0. The van der Waals surface area contributed by atoms with Crippen LogP contribution in [0.15, 0.2) is 54.6 Å². The minimum Gasteiger partial charge on any atom is -0.391 e. The fourth-order valence-corrected chi connectivity index (χ4v) is 2.96. The topological polar surface area (TPSA) is 32.3 Å². The number of benzene rings is 2. The Hall–Kier alpha value is -1.80. The van der Waals surface area contributed by atoms with E-state index in [1.54, 1.807) is 0 Å². The zero-order valence-electron chi connectivity index (χ0n) is 11.6. The lowest BCUT2D eigenvalue weighted by Crippen LogP contribution is -2.36. The van der Waals surface area contributed by atoms with Gasteiger partial charge in [0.05, 0.1) is 12.1 Å². The molecule has 2 unspecified atom stereocenters. The third kappa shape index (κ3) is 2.86. The molecule has 0 bridgehead atoms. The Morgan fingerprint density at radius 2 is 1.55 bits per heavy atom. The molecule has 2 nitrogen and oxygen atoms in total. The van der Waals surface area contributed by atoms with E-state index in [4.69, 9.17) is 0 Å². The molecule has 2 aromatic carbocycles. The summed E-state index contributed by atoms with van der Waals surface area (Å²) in [6, 6.07) is 18.9. The van der Waals surface area contributed by atoms with Crippen molar-refractivity contribution in [3.05, 3.63) is 54.6 Å². The lowest BCUT2D eigenvalue weighted by atomic mass is 9.92. The number of hydrogen-bond donors (Lipinski definition) is 2. The summed E-state index contributed by atoms with van der Waals surface area (Å²) < 4.78 is 0. The second kappa shape index (κ2) is 6.10. The normalized spacial score (nSPS) is 22.4. The molecule has 0 amide bonds. The maximum absolute atomic E-state index is 10.1. The molecule has 1 aliphatic rings. The first-order chi connectivity index (χ1) is 9.84. The summed E-state index contributed by atoms with van der Waals surface area (Å²) in [5, 5.41) is 13.7. The molecule has 2 heteroatoms. The molecule has 0 radical (unpaired) electrons. The third-order valence-corrected chi connectivity index (χ3v) is 4.08. The maximum Gasteiger partial charge on any atom is 0.0741 e. The molecule has 1 fully saturated rings. The first-order valence-electron chi connectivity index (χ1n) is 7.43. The maximum atomic E-state index is 10.1. The van der Waals surface area contributed by atoms with Crippen molar-refractivity contribution in [3.8, 4) is 11.1 Å². The molecule has 2 atom stereocenters. The highest BCUT2D eigenvalue weighted by molar-refractivity contribution is 5.77. The Morgan fingerprint density at radius 3 is 2.35 bits per heavy atom. The summed E-state index contributed by atoms with van der Waals surface area (Å²) in [7, 11) is 0. The summed E-state index contributed by atoms with van der Waals surface area (Å²) in [6.07, 6.45) is 4.06. The molecule has 0 saturated heterocycles. The molecule has 0 spiro atoms. The van der Waals surface area contributed by atoms with Crippen LogP contribution < -0.4 is 5.32 Å². The smallest absolute Gasteiger partial charge is 0.0741 e. The SMILES string of the molecule is OC1CCCCC1Nc1ccccc1-c1ccccc1. The number of rotatable bonds is 3. The summed E-state index contributed by atoms with van der Waals surface area (Å²) >= 11 is 0. The predicted octanol–water partition coefficient (Wildman–Crippen LogP) is 4.07. The molecule has 3 rings (SSSR count). The lowest BCUT2D eigenvalue weighted by Gasteiger charge is -2.30. The van der Waals surface area contributed by atoms with Gasteiger partial charge in [-0.15, -0.1) is 0 Å². The third-order valence-electron chi connectivity index (χ3n) is 4.08. The zero-order chi connectivity index (χ0) is 13.8. The van der Waals surface area contributed by atoms with Crippen molar-refractivity contribution in [2.75, 3.05) is 5.32 Å². The van der Waals surface area contributed by atoms with Crippen molar-refractivity contribution in [3.63, 3.8) is 0 Å². The highest BCUT2D eigenvalue weighted by Crippen LogP contribution is 2.30. The fraction of sp³-hybridized carbons (Fsp3) is 0.333. The van der Waals surface area contributed by atoms with E-state index in [1.165, 1.54) is 17.5 Å². The number of nitrogens with one attached hydrogen (secondary N) is 1. The number of anilines is 1. The van der Waals surface area contributed by atoms with Gasteiger partial charge < -0.3 is 10.4 Å². The van der Waals surface area contributed by atoms with Crippen molar-refractivity contribution in [1.82, 2.24) is 0 Å². The monoisotopic (exact) mass is 267 g/mol. The van der Waals surface area contributed by atoms with Gasteiger partial charge in [0.2, 0.25) is 0 Å². The van der Waals surface area contributed by atoms with Crippen molar-refractivity contribution in [2.45, 2.75) is 37.8 Å². The van der Waals surface area contributed by atoms with Gasteiger partial charge in [0.15, 0.2) is 0 Å². The summed E-state index contributed by atoms with van der Waals surface area (Å²) in [6.45, 7) is 0. The van der Waals surface area contributed by atoms with E-state index in [-0.39, 0.29) is 12.1 Å². The number of hydrogen-bond acceptors (Lipinski definition) is 2. The van der Waals surface area contributed by atoms with Crippen LogP contribution in [0.3, 0.4) is 0 Å². The second-order valence-corrected chi connectivity index (χ2v) is 5.51. The summed E-state index contributed by atoms with van der Waals surface area (Å²) in [5.41, 5.74) is 3.52. The van der Waals surface area contributed by atoms with Gasteiger partial charge in [-0.25, -0.2) is 0 Å². The average Bonchev–Trinajstić information content (AvgIpc) is 2.51.